The maximum absolute atomic E-state index is 14.2. The van der Waals surface area contributed by atoms with Gasteiger partial charge < -0.3 is 24.3 Å². The van der Waals surface area contributed by atoms with E-state index in [1.54, 1.807) is 83.1 Å². The van der Waals surface area contributed by atoms with Gasteiger partial charge in [-0.3, -0.25) is 20.1 Å². The van der Waals surface area contributed by atoms with Crippen LogP contribution in [0.4, 0.5) is 19.2 Å². The molecule has 0 aromatic rings. The Balaban J connectivity index is 7.43. The monoisotopic (exact) mass is 795 g/mol. The maximum atomic E-state index is 14.2. The molecule has 15 nitrogen and oxygen atoms in total. The first-order chi connectivity index (χ1) is 24.4. The van der Waals surface area contributed by atoms with Crippen molar-refractivity contribution in [2.45, 2.75) is 202 Å². The van der Waals surface area contributed by atoms with Crippen LogP contribution in [0.25, 0.3) is 0 Å². The molecule has 0 radical (unpaired) electrons. The van der Waals surface area contributed by atoms with Crippen LogP contribution in [0.15, 0.2) is 0 Å². The number of carbonyl (C=O) groups excluding carboxylic acids is 4. The first-order valence-corrected chi connectivity index (χ1v) is 21.0. The molecule has 0 aliphatic rings. The SMILES string of the molecule is CCCCC(NC(=O)OC(C)(C)C)(NC(=O)OC(C)(C)C)C(CCCCCCCS(=O)(=O)O)CN(C(=O)OC(C)(C)C)C(CCC)NC(=O)OC(C)(C)C. The lowest BCUT2D eigenvalue weighted by molar-refractivity contribution is -0.00951. The van der Waals surface area contributed by atoms with E-state index in [0.717, 1.165) is 0 Å². The molecule has 4 N–H and O–H groups in total. The molecule has 54 heavy (non-hydrogen) atoms. The molecular formula is C38H74N4O11S. The van der Waals surface area contributed by atoms with Gasteiger partial charge in [-0.2, -0.15) is 8.42 Å². The van der Waals surface area contributed by atoms with Crippen molar-refractivity contribution in [1.29, 1.82) is 0 Å². The summed E-state index contributed by atoms with van der Waals surface area (Å²) in [6, 6.07) is 0. The van der Waals surface area contributed by atoms with Crippen molar-refractivity contribution < 1.29 is 51.1 Å². The largest absolute Gasteiger partial charge is 0.444 e. The summed E-state index contributed by atoms with van der Waals surface area (Å²) in [5, 5.41) is 8.84. The van der Waals surface area contributed by atoms with E-state index in [1.807, 2.05) is 13.8 Å². The summed E-state index contributed by atoms with van der Waals surface area (Å²) in [4.78, 5) is 56.2. The molecule has 0 saturated heterocycles. The van der Waals surface area contributed by atoms with E-state index in [1.165, 1.54) is 4.90 Å². The standard InChI is InChI=1S/C38H74N4O11S/c1-15-17-25-38(40-31(44)51-35(6,7)8,41-32(45)52-36(9,10)11)28(24-21-19-18-20-22-26-54(47,48)49)27-42(33(46)53-37(12,13)14)29(23-16-2)39-30(43)50-34(3,4)5/h28-29H,15-27H2,1-14H3,(H,39,43)(H,40,44)(H,41,45)(H,47,48,49). The van der Waals surface area contributed by atoms with Crippen LogP contribution in [-0.4, -0.2) is 88.8 Å². The van der Waals surface area contributed by atoms with Gasteiger partial charge in [-0.1, -0.05) is 52.4 Å². The van der Waals surface area contributed by atoms with Gasteiger partial charge in [-0.25, -0.2) is 19.2 Å². The molecule has 0 aliphatic carbocycles. The average molecular weight is 795 g/mol. The van der Waals surface area contributed by atoms with E-state index in [9.17, 15) is 27.6 Å². The highest BCUT2D eigenvalue weighted by molar-refractivity contribution is 7.85. The number of alkyl carbamates (subject to hydrolysis) is 3. The highest BCUT2D eigenvalue weighted by Gasteiger charge is 2.45. The number of carbonyl (C=O) groups is 4. The van der Waals surface area contributed by atoms with E-state index in [2.05, 4.69) is 16.0 Å². The Hall–Kier alpha value is -3.01. The van der Waals surface area contributed by atoms with Gasteiger partial charge in [0.2, 0.25) is 0 Å². The van der Waals surface area contributed by atoms with Crippen molar-refractivity contribution in [3.05, 3.63) is 0 Å². The fraction of sp³-hybridized carbons (Fsp3) is 0.895. The minimum Gasteiger partial charge on any atom is -0.444 e. The number of amides is 4. The summed E-state index contributed by atoms with van der Waals surface area (Å²) in [7, 11) is -4.07. The predicted molar refractivity (Wildman–Crippen MR) is 210 cm³/mol. The van der Waals surface area contributed by atoms with Gasteiger partial charge in [0.15, 0.2) is 0 Å². The number of nitrogens with zero attached hydrogens (tertiary/aromatic N) is 1. The molecule has 0 bridgehead atoms. The second-order valence-electron chi connectivity index (χ2n) is 18.0. The minimum absolute atomic E-state index is 0.0898. The van der Waals surface area contributed by atoms with Gasteiger partial charge in [-0.15, -0.1) is 0 Å². The number of hydrogen-bond acceptors (Lipinski definition) is 10. The Kier molecular flexibility index (Phi) is 20.7. The molecule has 2 unspecified atom stereocenters. The highest BCUT2D eigenvalue weighted by atomic mass is 32.2. The first kappa shape index (κ1) is 51.0. The van der Waals surface area contributed by atoms with Crippen LogP contribution in [0.5, 0.6) is 0 Å². The summed E-state index contributed by atoms with van der Waals surface area (Å²) in [6.45, 7) is 24.6. The first-order valence-electron chi connectivity index (χ1n) is 19.4. The fourth-order valence-corrected chi connectivity index (χ4v) is 6.17. The molecule has 16 heteroatoms. The number of ether oxygens (including phenoxy) is 4. The summed E-state index contributed by atoms with van der Waals surface area (Å²) in [5.74, 6) is -1.03. The zero-order chi connectivity index (χ0) is 42.2. The normalized spacial score (nSPS) is 14.0. The minimum atomic E-state index is -4.07. The molecule has 318 valence electrons. The van der Waals surface area contributed by atoms with Gasteiger partial charge in [0.05, 0.1) is 5.75 Å². The number of hydrogen-bond donors (Lipinski definition) is 4. The number of nitrogens with one attached hydrogen (secondary N) is 3. The number of rotatable bonds is 20. The van der Waals surface area contributed by atoms with Crippen molar-refractivity contribution in [3.8, 4) is 0 Å². The molecule has 4 amide bonds. The van der Waals surface area contributed by atoms with E-state index in [-0.39, 0.29) is 18.7 Å². The molecule has 0 aliphatic heterocycles. The van der Waals surface area contributed by atoms with Crippen molar-refractivity contribution in [3.63, 3.8) is 0 Å². The molecule has 0 saturated carbocycles. The highest BCUT2D eigenvalue weighted by Crippen LogP contribution is 2.31. The van der Waals surface area contributed by atoms with Crippen LogP contribution < -0.4 is 16.0 Å². The van der Waals surface area contributed by atoms with E-state index in [4.69, 9.17) is 23.5 Å². The van der Waals surface area contributed by atoms with Crippen LogP contribution in [0.3, 0.4) is 0 Å². The predicted octanol–water partition coefficient (Wildman–Crippen LogP) is 8.65. The van der Waals surface area contributed by atoms with Crippen molar-refractivity contribution in [1.82, 2.24) is 20.9 Å². The van der Waals surface area contributed by atoms with E-state index >= 15 is 0 Å². The molecule has 0 fully saturated rings. The third-order valence-corrected chi connectivity index (χ3v) is 8.50. The Bertz CT molecular complexity index is 1250. The third-order valence-electron chi connectivity index (χ3n) is 7.69. The quantitative estimate of drug-likeness (QED) is 0.0398. The Morgan fingerprint density at radius 3 is 1.48 bits per heavy atom. The third kappa shape index (κ3) is 24.4. The molecule has 0 heterocycles. The van der Waals surface area contributed by atoms with Crippen LogP contribution in [0.2, 0.25) is 0 Å². The van der Waals surface area contributed by atoms with Crippen molar-refractivity contribution in [2.24, 2.45) is 5.92 Å². The topological polar surface area (TPSA) is 199 Å². The second kappa shape index (κ2) is 21.9. The Labute approximate surface area is 325 Å². The second-order valence-corrected chi connectivity index (χ2v) is 19.5. The lowest BCUT2D eigenvalue weighted by Crippen LogP contribution is -2.68. The van der Waals surface area contributed by atoms with Gasteiger partial charge in [-0.05, 0) is 115 Å². The molecule has 0 aromatic heterocycles. The molecule has 0 rings (SSSR count). The Morgan fingerprint density at radius 2 is 1.06 bits per heavy atom. The molecule has 0 aromatic carbocycles. The van der Waals surface area contributed by atoms with Crippen LogP contribution in [0, 0.1) is 5.92 Å². The molecule has 2 atom stereocenters. The zero-order valence-electron chi connectivity index (χ0n) is 35.7. The van der Waals surface area contributed by atoms with Crippen molar-refractivity contribution in [2.75, 3.05) is 12.3 Å². The lowest BCUT2D eigenvalue weighted by Gasteiger charge is -2.45. The zero-order valence-corrected chi connectivity index (χ0v) is 36.5. The van der Waals surface area contributed by atoms with E-state index in [0.29, 0.717) is 64.2 Å². The van der Waals surface area contributed by atoms with Crippen LogP contribution >= 0.6 is 0 Å². The maximum Gasteiger partial charge on any atom is 0.411 e. The summed E-state index contributed by atoms with van der Waals surface area (Å²) in [5.41, 5.74) is -5.00. The van der Waals surface area contributed by atoms with Gasteiger partial charge >= 0.3 is 24.4 Å². The van der Waals surface area contributed by atoms with Gasteiger partial charge in [0, 0.05) is 12.5 Å². The fourth-order valence-electron chi connectivity index (χ4n) is 5.60. The van der Waals surface area contributed by atoms with Gasteiger partial charge in [0.25, 0.3) is 10.1 Å². The van der Waals surface area contributed by atoms with E-state index < -0.39 is 74.6 Å². The molecular weight excluding hydrogens is 721 g/mol. The summed E-state index contributed by atoms with van der Waals surface area (Å²) < 4.78 is 54.5. The van der Waals surface area contributed by atoms with Crippen molar-refractivity contribution >= 4 is 34.5 Å². The summed E-state index contributed by atoms with van der Waals surface area (Å²) >= 11 is 0. The van der Waals surface area contributed by atoms with Gasteiger partial charge in [0.1, 0.15) is 34.2 Å². The average Bonchev–Trinajstić information content (AvgIpc) is 2.92. The molecule has 0 spiro atoms. The number of unbranched alkanes of at least 4 members (excludes halogenated alkanes) is 5. The Morgan fingerprint density at radius 1 is 0.611 bits per heavy atom. The summed E-state index contributed by atoms with van der Waals surface area (Å²) in [6.07, 6.45) is 1.54. The van der Waals surface area contributed by atoms with Crippen LogP contribution in [0.1, 0.15) is 168 Å². The lowest BCUT2D eigenvalue weighted by atomic mass is 9.82. The smallest absolute Gasteiger partial charge is 0.411 e. The van der Waals surface area contributed by atoms with Crippen LogP contribution in [-0.2, 0) is 29.1 Å².